The Kier molecular flexibility index (Phi) is 7.50. The van der Waals surface area contributed by atoms with Crippen LogP contribution in [0.25, 0.3) is 0 Å². The van der Waals surface area contributed by atoms with Crippen molar-refractivity contribution < 1.29 is 23.0 Å². The summed E-state index contributed by atoms with van der Waals surface area (Å²) in [5.74, 6) is 0.643. The molecule has 1 amide bonds. The molecule has 1 N–H and O–H groups in total. The highest BCUT2D eigenvalue weighted by Gasteiger charge is 2.35. The van der Waals surface area contributed by atoms with Crippen LogP contribution in [0.5, 0.6) is 11.5 Å². The maximum Gasteiger partial charge on any atom is 0.253 e. The van der Waals surface area contributed by atoms with Crippen LogP contribution in [-0.2, 0) is 0 Å². The summed E-state index contributed by atoms with van der Waals surface area (Å²) in [5.41, 5.74) is -1.07. The molecule has 2 aromatic rings. The Morgan fingerprint density at radius 1 is 1.17 bits per heavy atom. The summed E-state index contributed by atoms with van der Waals surface area (Å²) in [6.45, 7) is 1.72. The van der Waals surface area contributed by atoms with Gasteiger partial charge in [-0.05, 0) is 42.5 Å². The van der Waals surface area contributed by atoms with Crippen molar-refractivity contribution in [3.05, 3.63) is 58.9 Å². The first-order valence-corrected chi connectivity index (χ1v) is 10.2. The molecule has 0 spiro atoms. The number of nitrogens with one attached hydrogen (secondary N) is 1. The smallest absolute Gasteiger partial charge is 0.253 e. The SMILES string of the molecule is COc1ccc(OCCNCC2(F)CCN(C(=O)c3ccc(F)c(Cl)c3)CC2)cc1. The van der Waals surface area contributed by atoms with Gasteiger partial charge in [0.15, 0.2) is 0 Å². The van der Waals surface area contributed by atoms with Crippen molar-refractivity contribution >= 4 is 17.5 Å². The third kappa shape index (κ3) is 5.83. The van der Waals surface area contributed by atoms with E-state index in [1.165, 1.54) is 12.1 Å². The number of hydrogen-bond donors (Lipinski definition) is 1. The maximum atomic E-state index is 15.0. The number of ether oxygens (including phenoxy) is 2. The number of benzene rings is 2. The zero-order valence-electron chi connectivity index (χ0n) is 16.8. The van der Waals surface area contributed by atoms with Crippen LogP contribution in [0.1, 0.15) is 23.2 Å². The molecule has 0 atom stereocenters. The molecule has 8 heteroatoms. The standard InChI is InChI=1S/C22H25ClF2N2O3/c1-29-17-3-5-18(6-4-17)30-13-10-26-15-22(25)8-11-27(12-9-22)21(28)16-2-7-20(24)19(23)14-16/h2-7,14,26H,8-13,15H2,1H3. The maximum absolute atomic E-state index is 15.0. The van der Waals surface area contributed by atoms with Gasteiger partial charge in [0.1, 0.15) is 29.6 Å². The Morgan fingerprint density at radius 3 is 2.47 bits per heavy atom. The van der Waals surface area contributed by atoms with Gasteiger partial charge in [-0.15, -0.1) is 0 Å². The molecule has 5 nitrogen and oxygen atoms in total. The fourth-order valence-electron chi connectivity index (χ4n) is 3.32. The highest BCUT2D eigenvalue weighted by molar-refractivity contribution is 6.31. The lowest BCUT2D eigenvalue weighted by molar-refractivity contribution is 0.0433. The molecule has 0 unspecified atom stereocenters. The molecule has 162 valence electrons. The van der Waals surface area contributed by atoms with Crippen molar-refractivity contribution in [2.45, 2.75) is 18.5 Å². The largest absolute Gasteiger partial charge is 0.497 e. The zero-order chi connectivity index (χ0) is 21.6. The minimum absolute atomic E-state index is 0.0984. The summed E-state index contributed by atoms with van der Waals surface area (Å²) >= 11 is 5.75. The van der Waals surface area contributed by atoms with E-state index >= 15 is 4.39 Å². The van der Waals surface area contributed by atoms with Gasteiger partial charge >= 0.3 is 0 Å². The first-order valence-electron chi connectivity index (χ1n) is 9.81. The normalized spacial score (nSPS) is 15.7. The van der Waals surface area contributed by atoms with Crippen LogP contribution >= 0.6 is 11.6 Å². The number of likely N-dealkylation sites (tertiary alicyclic amines) is 1. The average molecular weight is 439 g/mol. The summed E-state index contributed by atoms with van der Waals surface area (Å²) < 4.78 is 39.0. The average Bonchev–Trinajstić information content (AvgIpc) is 2.76. The summed E-state index contributed by atoms with van der Waals surface area (Å²) in [6.07, 6.45) is 0.472. The summed E-state index contributed by atoms with van der Waals surface area (Å²) in [5, 5.41) is 2.99. The number of carbonyl (C=O) groups excluding carboxylic acids is 1. The van der Waals surface area contributed by atoms with Crippen LogP contribution in [-0.4, -0.2) is 56.4 Å². The number of methoxy groups -OCH3 is 1. The predicted octanol–water partition coefficient (Wildman–Crippen LogP) is 4.10. The molecule has 1 aliphatic heterocycles. The van der Waals surface area contributed by atoms with Gasteiger partial charge in [-0.3, -0.25) is 4.79 Å². The van der Waals surface area contributed by atoms with Gasteiger partial charge in [-0.25, -0.2) is 8.78 Å². The minimum atomic E-state index is -1.38. The molecule has 30 heavy (non-hydrogen) atoms. The number of amides is 1. The Balaban J connectivity index is 1.38. The van der Waals surface area contributed by atoms with Crippen molar-refractivity contribution in [1.29, 1.82) is 0 Å². The van der Waals surface area contributed by atoms with Gasteiger partial charge in [-0.1, -0.05) is 11.6 Å². The molecule has 0 aromatic heterocycles. The fraction of sp³-hybridized carbons (Fsp3) is 0.409. The van der Waals surface area contributed by atoms with Crippen LogP contribution < -0.4 is 14.8 Å². The molecule has 1 fully saturated rings. The predicted molar refractivity (Wildman–Crippen MR) is 112 cm³/mol. The van der Waals surface area contributed by atoms with E-state index in [-0.39, 0.29) is 30.3 Å². The van der Waals surface area contributed by atoms with Gasteiger partial charge < -0.3 is 19.7 Å². The summed E-state index contributed by atoms with van der Waals surface area (Å²) in [4.78, 5) is 14.1. The minimum Gasteiger partial charge on any atom is -0.497 e. The molecule has 1 heterocycles. The Labute approximate surface area is 179 Å². The summed E-state index contributed by atoms with van der Waals surface area (Å²) in [6, 6.07) is 11.1. The van der Waals surface area contributed by atoms with E-state index < -0.39 is 11.5 Å². The van der Waals surface area contributed by atoms with E-state index in [1.54, 1.807) is 12.0 Å². The number of hydrogen-bond acceptors (Lipinski definition) is 4. The second-order valence-corrected chi connectivity index (χ2v) is 7.68. The van der Waals surface area contributed by atoms with Crippen molar-refractivity contribution in [3.63, 3.8) is 0 Å². The van der Waals surface area contributed by atoms with Crippen LogP contribution in [0.4, 0.5) is 8.78 Å². The van der Waals surface area contributed by atoms with Crippen molar-refractivity contribution in [2.75, 3.05) is 39.9 Å². The molecule has 1 aliphatic rings. The van der Waals surface area contributed by atoms with E-state index in [2.05, 4.69) is 5.32 Å². The molecule has 0 bridgehead atoms. The Morgan fingerprint density at radius 2 is 1.83 bits per heavy atom. The third-order valence-corrected chi connectivity index (χ3v) is 5.45. The monoisotopic (exact) mass is 438 g/mol. The third-order valence-electron chi connectivity index (χ3n) is 5.16. The number of rotatable bonds is 8. The molecule has 3 rings (SSSR count). The molecule has 0 radical (unpaired) electrons. The van der Waals surface area contributed by atoms with E-state index in [9.17, 15) is 9.18 Å². The van der Waals surface area contributed by atoms with Gasteiger partial charge in [0.2, 0.25) is 0 Å². The molecule has 0 saturated carbocycles. The topological polar surface area (TPSA) is 50.8 Å². The number of piperidine rings is 1. The van der Waals surface area contributed by atoms with E-state index in [4.69, 9.17) is 21.1 Å². The van der Waals surface area contributed by atoms with Crippen LogP contribution in [0.2, 0.25) is 5.02 Å². The lowest BCUT2D eigenvalue weighted by atomic mass is 9.93. The van der Waals surface area contributed by atoms with E-state index in [1.807, 2.05) is 24.3 Å². The number of nitrogens with zero attached hydrogens (tertiary/aromatic N) is 1. The molecular weight excluding hydrogens is 414 g/mol. The number of alkyl halides is 1. The quantitative estimate of drug-likeness (QED) is 0.630. The van der Waals surface area contributed by atoms with Gasteiger partial charge in [0.05, 0.1) is 12.1 Å². The first kappa shape index (κ1) is 22.3. The van der Waals surface area contributed by atoms with Crippen LogP contribution in [0.3, 0.4) is 0 Å². The highest BCUT2D eigenvalue weighted by atomic mass is 35.5. The Hall–Kier alpha value is -2.38. The van der Waals surface area contributed by atoms with E-state index in [0.29, 0.717) is 31.8 Å². The Bertz CT molecular complexity index is 856. The van der Waals surface area contributed by atoms with Crippen LogP contribution in [0, 0.1) is 5.82 Å². The lowest BCUT2D eigenvalue weighted by Gasteiger charge is -2.36. The zero-order valence-corrected chi connectivity index (χ0v) is 17.6. The fourth-order valence-corrected chi connectivity index (χ4v) is 3.51. The molecule has 0 aliphatic carbocycles. The second kappa shape index (κ2) is 10.1. The second-order valence-electron chi connectivity index (χ2n) is 7.27. The lowest BCUT2D eigenvalue weighted by Crippen LogP contribution is -2.49. The molecule has 2 aromatic carbocycles. The van der Waals surface area contributed by atoms with Crippen molar-refractivity contribution in [2.24, 2.45) is 0 Å². The van der Waals surface area contributed by atoms with Crippen molar-refractivity contribution in [1.82, 2.24) is 10.2 Å². The van der Waals surface area contributed by atoms with Crippen LogP contribution in [0.15, 0.2) is 42.5 Å². The van der Waals surface area contributed by atoms with Gasteiger partial charge in [0.25, 0.3) is 5.91 Å². The number of carbonyl (C=O) groups is 1. The summed E-state index contributed by atoms with van der Waals surface area (Å²) in [7, 11) is 1.60. The van der Waals surface area contributed by atoms with E-state index in [0.717, 1.165) is 17.6 Å². The molecular formula is C22H25ClF2N2O3. The highest BCUT2D eigenvalue weighted by Crippen LogP contribution is 2.27. The van der Waals surface area contributed by atoms with Gasteiger partial charge in [0, 0.05) is 44.6 Å². The van der Waals surface area contributed by atoms with Crippen molar-refractivity contribution in [3.8, 4) is 11.5 Å². The number of halogens is 3. The molecule has 1 saturated heterocycles. The first-order chi connectivity index (χ1) is 14.4. The van der Waals surface area contributed by atoms with Gasteiger partial charge in [-0.2, -0.15) is 0 Å².